The predicted octanol–water partition coefficient (Wildman–Crippen LogP) is 4.26. The molecular formula is C20H19F3N2O2. The summed E-state index contributed by atoms with van der Waals surface area (Å²) in [5.74, 6) is -0.923. The molecule has 0 atom stereocenters. The van der Waals surface area contributed by atoms with Gasteiger partial charge in [0.15, 0.2) is 0 Å². The van der Waals surface area contributed by atoms with E-state index in [4.69, 9.17) is 0 Å². The van der Waals surface area contributed by atoms with Gasteiger partial charge in [-0.2, -0.15) is 13.2 Å². The molecular weight excluding hydrogens is 357 g/mol. The van der Waals surface area contributed by atoms with Crippen LogP contribution in [0.3, 0.4) is 0 Å². The van der Waals surface area contributed by atoms with Gasteiger partial charge in [0.05, 0.1) is 5.56 Å². The lowest BCUT2D eigenvalue weighted by Gasteiger charge is -2.28. The van der Waals surface area contributed by atoms with E-state index >= 15 is 0 Å². The van der Waals surface area contributed by atoms with Crippen LogP contribution in [-0.2, 0) is 22.2 Å². The van der Waals surface area contributed by atoms with Crippen LogP contribution in [0.2, 0.25) is 0 Å². The van der Waals surface area contributed by atoms with E-state index in [2.05, 4.69) is 5.32 Å². The molecule has 1 aliphatic rings. The molecule has 3 rings (SSSR count). The molecule has 0 radical (unpaired) electrons. The van der Waals surface area contributed by atoms with Gasteiger partial charge >= 0.3 is 6.18 Å². The maximum Gasteiger partial charge on any atom is 0.416 e. The largest absolute Gasteiger partial charge is 0.416 e. The van der Waals surface area contributed by atoms with Crippen LogP contribution in [0.4, 0.5) is 24.5 Å². The highest BCUT2D eigenvalue weighted by Gasteiger charge is 2.41. The lowest BCUT2D eigenvalue weighted by molar-refractivity contribution is -0.138. The molecule has 4 nitrogen and oxygen atoms in total. The molecule has 7 heteroatoms. The molecule has 0 spiro atoms. The van der Waals surface area contributed by atoms with E-state index in [-0.39, 0.29) is 11.6 Å². The minimum Gasteiger partial charge on any atom is -0.325 e. The number of carbonyl (C=O) groups is 2. The minimum atomic E-state index is -4.44. The fourth-order valence-corrected chi connectivity index (χ4v) is 3.01. The number of alkyl halides is 3. The van der Waals surface area contributed by atoms with Crippen LogP contribution in [0.1, 0.15) is 25.0 Å². The van der Waals surface area contributed by atoms with Crippen LogP contribution in [-0.4, -0.2) is 18.4 Å². The summed E-state index contributed by atoms with van der Waals surface area (Å²) in [7, 11) is 0. The quantitative estimate of drug-likeness (QED) is 0.814. The fourth-order valence-electron chi connectivity index (χ4n) is 3.01. The molecule has 2 aromatic rings. The summed E-state index contributed by atoms with van der Waals surface area (Å²) in [4.78, 5) is 27.2. The smallest absolute Gasteiger partial charge is 0.325 e. The molecule has 0 aromatic heterocycles. The van der Waals surface area contributed by atoms with Gasteiger partial charge in [-0.05, 0) is 56.2 Å². The average molecular weight is 376 g/mol. The SMILES string of the molecule is CC(C)(C(=O)Nc1ccc(C(F)(F)F)cc1)C(=O)N1CCc2ccccc21. The van der Waals surface area contributed by atoms with Crippen molar-refractivity contribution in [2.24, 2.45) is 5.41 Å². The molecule has 1 N–H and O–H groups in total. The van der Waals surface area contributed by atoms with Crippen molar-refractivity contribution in [1.82, 2.24) is 0 Å². The topological polar surface area (TPSA) is 49.4 Å². The number of halogens is 3. The second-order valence-corrected chi connectivity index (χ2v) is 6.99. The summed E-state index contributed by atoms with van der Waals surface area (Å²) in [6.45, 7) is 3.51. The van der Waals surface area contributed by atoms with Crippen molar-refractivity contribution in [3.63, 3.8) is 0 Å². The summed E-state index contributed by atoms with van der Waals surface area (Å²) in [5, 5.41) is 2.54. The van der Waals surface area contributed by atoms with E-state index in [9.17, 15) is 22.8 Å². The first-order chi connectivity index (χ1) is 12.6. The first kappa shape index (κ1) is 18.9. The molecule has 2 aromatic carbocycles. The molecule has 2 amide bonds. The third-order valence-electron chi connectivity index (χ3n) is 4.70. The Balaban J connectivity index is 1.75. The van der Waals surface area contributed by atoms with Gasteiger partial charge in [0.2, 0.25) is 11.8 Å². The average Bonchev–Trinajstić information content (AvgIpc) is 3.04. The van der Waals surface area contributed by atoms with Gasteiger partial charge in [-0.3, -0.25) is 9.59 Å². The summed E-state index contributed by atoms with van der Waals surface area (Å²) in [6.07, 6.45) is -3.72. The van der Waals surface area contributed by atoms with Gasteiger partial charge < -0.3 is 10.2 Å². The number of amides is 2. The summed E-state index contributed by atoms with van der Waals surface area (Å²) >= 11 is 0. The maximum absolute atomic E-state index is 13.0. The van der Waals surface area contributed by atoms with Gasteiger partial charge in [0.25, 0.3) is 0 Å². The van der Waals surface area contributed by atoms with Crippen LogP contribution in [0.5, 0.6) is 0 Å². The van der Waals surface area contributed by atoms with Crippen LogP contribution in [0.15, 0.2) is 48.5 Å². The van der Waals surface area contributed by atoms with Crippen molar-refractivity contribution in [3.8, 4) is 0 Å². The van der Waals surface area contributed by atoms with Gasteiger partial charge in [0, 0.05) is 17.9 Å². The standard InChI is InChI=1S/C20H19F3N2O2/c1-19(2,18(27)25-12-11-13-5-3-4-6-16(13)25)17(26)24-15-9-7-14(8-10-15)20(21,22)23/h3-10H,11-12H2,1-2H3,(H,24,26). The molecule has 0 bridgehead atoms. The van der Waals surface area contributed by atoms with E-state index in [1.54, 1.807) is 4.90 Å². The van der Waals surface area contributed by atoms with E-state index < -0.39 is 23.1 Å². The summed E-state index contributed by atoms with van der Waals surface area (Å²) in [5.41, 5.74) is -0.136. The Morgan fingerprint density at radius 3 is 2.26 bits per heavy atom. The number of para-hydroxylation sites is 1. The number of anilines is 2. The third kappa shape index (κ3) is 3.67. The second kappa shape index (κ2) is 6.72. The van der Waals surface area contributed by atoms with Crippen LogP contribution >= 0.6 is 0 Å². The molecule has 27 heavy (non-hydrogen) atoms. The van der Waals surface area contributed by atoms with Gasteiger partial charge in [0.1, 0.15) is 5.41 Å². The van der Waals surface area contributed by atoms with Crippen LogP contribution < -0.4 is 10.2 Å². The molecule has 142 valence electrons. The van der Waals surface area contributed by atoms with Crippen molar-refractivity contribution in [2.75, 3.05) is 16.8 Å². The Hall–Kier alpha value is -2.83. The summed E-state index contributed by atoms with van der Waals surface area (Å²) < 4.78 is 37.9. The normalized spacial score (nSPS) is 14.0. The number of benzene rings is 2. The lowest BCUT2D eigenvalue weighted by Crippen LogP contribution is -2.47. The third-order valence-corrected chi connectivity index (χ3v) is 4.70. The highest BCUT2D eigenvalue weighted by atomic mass is 19.4. The van der Waals surface area contributed by atoms with Crippen molar-refractivity contribution >= 4 is 23.2 Å². The Kier molecular flexibility index (Phi) is 4.71. The van der Waals surface area contributed by atoms with Crippen molar-refractivity contribution in [1.29, 1.82) is 0 Å². The molecule has 0 saturated heterocycles. The zero-order chi connectivity index (χ0) is 19.8. The first-order valence-electron chi connectivity index (χ1n) is 8.49. The second-order valence-electron chi connectivity index (χ2n) is 6.99. The van der Waals surface area contributed by atoms with Gasteiger partial charge in [-0.15, -0.1) is 0 Å². The van der Waals surface area contributed by atoms with Gasteiger partial charge in [-0.1, -0.05) is 18.2 Å². The van der Waals surface area contributed by atoms with Crippen LogP contribution in [0, 0.1) is 5.41 Å². The Morgan fingerprint density at radius 2 is 1.63 bits per heavy atom. The van der Waals surface area contributed by atoms with Crippen molar-refractivity contribution in [3.05, 3.63) is 59.7 Å². The molecule has 0 aliphatic carbocycles. The van der Waals surface area contributed by atoms with E-state index in [1.165, 1.54) is 26.0 Å². The molecule has 1 aliphatic heterocycles. The highest BCUT2D eigenvalue weighted by molar-refractivity contribution is 6.15. The number of fused-ring (bicyclic) bond motifs is 1. The minimum absolute atomic E-state index is 0.204. The zero-order valence-electron chi connectivity index (χ0n) is 14.9. The number of hydrogen-bond donors (Lipinski definition) is 1. The predicted molar refractivity (Wildman–Crippen MR) is 96.4 cm³/mol. The lowest BCUT2D eigenvalue weighted by atomic mass is 9.90. The number of rotatable bonds is 3. The molecule has 0 saturated carbocycles. The molecule has 0 fully saturated rings. The van der Waals surface area contributed by atoms with Gasteiger partial charge in [-0.25, -0.2) is 0 Å². The van der Waals surface area contributed by atoms with Crippen LogP contribution in [0.25, 0.3) is 0 Å². The van der Waals surface area contributed by atoms with E-state index in [0.717, 1.165) is 29.8 Å². The first-order valence-corrected chi connectivity index (χ1v) is 8.49. The highest BCUT2D eigenvalue weighted by Crippen LogP contribution is 2.33. The maximum atomic E-state index is 13.0. The van der Waals surface area contributed by atoms with E-state index in [1.807, 2.05) is 24.3 Å². The number of nitrogens with zero attached hydrogens (tertiary/aromatic N) is 1. The summed E-state index contributed by atoms with van der Waals surface area (Å²) in [6, 6.07) is 11.6. The molecule has 0 unspecified atom stereocenters. The fraction of sp³-hybridized carbons (Fsp3) is 0.300. The Morgan fingerprint density at radius 1 is 1.00 bits per heavy atom. The van der Waals surface area contributed by atoms with Crippen molar-refractivity contribution < 1.29 is 22.8 Å². The number of carbonyl (C=O) groups excluding carboxylic acids is 2. The van der Waals surface area contributed by atoms with Crippen molar-refractivity contribution in [2.45, 2.75) is 26.4 Å². The zero-order valence-corrected chi connectivity index (χ0v) is 14.9. The molecule has 1 heterocycles. The monoisotopic (exact) mass is 376 g/mol. The van der Waals surface area contributed by atoms with E-state index in [0.29, 0.717) is 6.54 Å². The number of nitrogens with one attached hydrogen (secondary N) is 1. The number of hydrogen-bond acceptors (Lipinski definition) is 2. The Bertz CT molecular complexity index is 874. The Labute approximate surface area is 155 Å².